The van der Waals surface area contributed by atoms with Crippen molar-refractivity contribution in [1.82, 2.24) is 4.90 Å². The number of alkyl halides is 1. The maximum atomic E-state index is 12.9. The Morgan fingerprint density at radius 2 is 1.76 bits per heavy atom. The van der Waals surface area contributed by atoms with E-state index < -0.39 is 4.71 Å². The Balaban J connectivity index is 1.74. The van der Waals surface area contributed by atoms with Crippen LogP contribution in [0, 0.1) is 0 Å². The van der Waals surface area contributed by atoms with Crippen molar-refractivity contribution in [2.75, 3.05) is 7.05 Å². The van der Waals surface area contributed by atoms with Crippen molar-refractivity contribution in [2.24, 2.45) is 0 Å². The van der Waals surface area contributed by atoms with Gasteiger partial charge in [-0.15, -0.1) is 0 Å². The third-order valence-corrected chi connectivity index (χ3v) is 5.91. The van der Waals surface area contributed by atoms with E-state index >= 15 is 0 Å². The predicted octanol–water partition coefficient (Wildman–Crippen LogP) is 5.44. The molecule has 0 radical (unpaired) electrons. The van der Waals surface area contributed by atoms with Crippen LogP contribution in [-0.4, -0.2) is 28.6 Å². The topological polar surface area (TPSA) is 20.3 Å². The summed E-state index contributed by atoms with van der Waals surface area (Å²) in [7, 11) is 1.87. The average Bonchev–Trinajstić information content (AvgIpc) is 2.68. The molecule has 2 nitrogen and oxygen atoms in total. The number of hydrogen-bond donors (Lipinski definition) is 0. The van der Waals surface area contributed by atoms with Crippen LogP contribution in [0.15, 0.2) is 71.6 Å². The number of likely N-dealkylation sites (N-methyl/N-ethyl adjacent to an activating group) is 1. The molecule has 4 heteroatoms. The van der Waals surface area contributed by atoms with Crippen molar-refractivity contribution >= 4 is 34.8 Å². The number of amides is 1. The molecule has 3 rings (SSSR count). The summed E-state index contributed by atoms with van der Waals surface area (Å²) in [4.78, 5) is 15.7. The molecule has 2 atom stereocenters. The van der Waals surface area contributed by atoms with Gasteiger partial charge in [0.25, 0.3) is 5.91 Å². The molecule has 0 bridgehead atoms. The molecule has 2 unspecified atom stereocenters. The molecule has 1 amide bonds. The minimum absolute atomic E-state index is 0.0377. The van der Waals surface area contributed by atoms with E-state index in [1.165, 1.54) is 22.9 Å². The van der Waals surface area contributed by atoms with Gasteiger partial charge in [0.1, 0.15) is 0 Å². The van der Waals surface area contributed by atoms with Crippen molar-refractivity contribution in [2.45, 2.75) is 34.9 Å². The SMILES string of the molecule is CN(C(=O)C(Cl)Sc1ccccc1)C1CCCC=C1c1ccccc1. The highest BCUT2D eigenvalue weighted by molar-refractivity contribution is 8.01. The van der Waals surface area contributed by atoms with Gasteiger partial charge in [-0.05, 0) is 42.5 Å². The Morgan fingerprint density at radius 3 is 2.44 bits per heavy atom. The molecular weight excluding hydrogens is 350 g/mol. The van der Waals surface area contributed by atoms with Crippen LogP contribution in [0.4, 0.5) is 0 Å². The third-order valence-electron chi connectivity index (χ3n) is 4.50. The molecule has 0 saturated carbocycles. The number of carbonyl (C=O) groups is 1. The van der Waals surface area contributed by atoms with Gasteiger partial charge in [-0.2, -0.15) is 0 Å². The number of carbonyl (C=O) groups excluding carboxylic acids is 1. The molecule has 0 N–H and O–H groups in total. The van der Waals surface area contributed by atoms with E-state index in [2.05, 4.69) is 18.2 Å². The molecular formula is C21H22ClNOS. The fourth-order valence-corrected chi connectivity index (χ4v) is 4.47. The highest BCUT2D eigenvalue weighted by Gasteiger charge is 2.30. The number of hydrogen-bond acceptors (Lipinski definition) is 2. The summed E-state index contributed by atoms with van der Waals surface area (Å²) >= 11 is 7.82. The lowest BCUT2D eigenvalue weighted by molar-refractivity contribution is -0.129. The molecule has 0 heterocycles. The number of allylic oxidation sites excluding steroid dienone is 1. The number of halogens is 1. The molecule has 1 aliphatic carbocycles. The van der Waals surface area contributed by atoms with Gasteiger partial charge in [0, 0.05) is 11.9 Å². The standard InChI is InChI=1S/C21H22ClNOS/c1-23(21(24)20(22)25-17-12-6-3-7-13-17)19-15-9-8-14-18(19)16-10-4-2-5-11-16/h2-7,10-14,19-20H,8-9,15H2,1H3. The van der Waals surface area contributed by atoms with Crippen molar-refractivity contribution in [3.63, 3.8) is 0 Å². The Morgan fingerprint density at radius 1 is 1.12 bits per heavy atom. The summed E-state index contributed by atoms with van der Waals surface area (Å²) in [5.41, 5.74) is 2.42. The molecule has 0 saturated heterocycles. The fourth-order valence-electron chi connectivity index (χ4n) is 3.19. The van der Waals surface area contributed by atoms with Crippen molar-refractivity contribution in [1.29, 1.82) is 0 Å². The van der Waals surface area contributed by atoms with Gasteiger partial charge in [0.05, 0.1) is 6.04 Å². The zero-order valence-corrected chi connectivity index (χ0v) is 15.8. The molecule has 2 aromatic carbocycles. The summed E-state index contributed by atoms with van der Waals surface area (Å²) in [5, 5.41) is 0. The van der Waals surface area contributed by atoms with Gasteiger partial charge in [0.2, 0.25) is 0 Å². The van der Waals surface area contributed by atoms with Crippen LogP contribution in [0.1, 0.15) is 24.8 Å². The molecule has 130 valence electrons. The lowest BCUT2D eigenvalue weighted by Gasteiger charge is -2.34. The molecule has 2 aromatic rings. The fraction of sp³-hybridized carbons (Fsp3) is 0.286. The summed E-state index contributed by atoms with van der Waals surface area (Å²) in [6.45, 7) is 0. The van der Waals surface area contributed by atoms with Crippen LogP contribution in [0.5, 0.6) is 0 Å². The van der Waals surface area contributed by atoms with E-state index in [4.69, 9.17) is 11.6 Å². The van der Waals surface area contributed by atoms with Crippen molar-refractivity contribution in [3.8, 4) is 0 Å². The second-order valence-electron chi connectivity index (χ2n) is 6.17. The summed E-state index contributed by atoms with van der Waals surface area (Å²) in [5.74, 6) is -0.0377. The van der Waals surface area contributed by atoms with Gasteiger partial charge in [-0.25, -0.2) is 0 Å². The largest absolute Gasteiger partial charge is 0.337 e. The van der Waals surface area contributed by atoms with Crippen LogP contribution < -0.4 is 0 Å². The predicted molar refractivity (Wildman–Crippen MR) is 107 cm³/mol. The average molecular weight is 372 g/mol. The summed E-state index contributed by atoms with van der Waals surface area (Å²) < 4.78 is -0.619. The normalized spacial score (nSPS) is 18.3. The summed E-state index contributed by atoms with van der Waals surface area (Å²) in [6.07, 6.45) is 5.40. The summed E-state index contributed by atoms with van der Waals surface area (Å²) in [6, 6.07) is 20.2. The Kier molecular flexibility index (Phi) is 6.22. The van der Waals surface area contributed by atoms with Crippen molar-refractivity contribution in [3.05, 3.63) is 72.3 Å². The van der Waals surface area contributed by atoms with Crippen molar-refractivity contribution < 1.29 is 4.79 Å². The zero-order chi connectivity index (χ0) is 17.6. The molecule has 0 aromatic heterocycles. The second kappa shape index (κ2) is 8.59. The molecule has 1 aliphatic rings. The van der Waals surface area contributed by atoms with Gasteiger partial charge in [0.15, 0.2) is 4.71 Å². The van der Waals surface area contributed by atoms with Crippen LogP contribution >= 0.6 is 23.4 Å². The minimum atomic E-state index is -0.619. The van der Waals surface area contributed by atoms with E-state index in [0.717, 1.165) is 24.2 Å². The highest BCUT2D eigenvalue weighted by atomic mass is 35.5. The quantitative estimate of drug-likeness (QED) is 0.515. The third kappa shape index (κ3) is 4.47. The number of benzene rings is 2. The first-order valence-corrected chi connectivity index (χ1v) is 9.86. The zero-order valence-electron chi connectivity index (χ0n) is 14.3. The lowest BCUT2D eigenvalue weighted by atomic mass is 9.88. The first-order chi connectivity index (χ1) is 12.2. The van der Waals surface area contributed by atoms with Crippen LogP contribution in [0.2, 0.25) is 0 Å². The van der Waals surface area contributed by atoms with Crippen LogP contribution in [0.3, 0.4) is 0 Å². The minimum Gasteiger partial charge on any atom is -0.337 e. The first kappa shape index (κ1) is 18.1. The van der Waals surface area contributed by atoms with E-state index in [0.29, 0.717) is 0 Å². The molecule has 0 aliphatic heterocycles. The van der Waals surface area contributed by atoms with Crippen LogP contribution in [-0.2, 0) is 4.79 Å². The maximum absolute atomic E-state index is 12.9. The Labute approximate surface area is 158 Å². The van der Waals surface area contributed by atoms with Crippen LogP contribution in [0.25, 0.3) is 5.57 Å². The van der Waals surface area contributed by atoms with Gasteiger partial charge in [-0.1, -0.05) is 78.0 Å². The monoisotopic (exact) mass is 371 g/mol. The second-order valence-corrected chi connectivity index (χ2v) is 8.04. The van der Waals surface area contributed by atoms with E-state index in [9.17, 15) is 4.79 Å². The Hall–Kier alpha value is -1.71. The smallest absolute Gasteiger partial charge is 0.251 e. The molecule has 25 heavy (non-hydrogen) atoms. The number of thioether (sulfide) groups is 1. The molecule has 0 spiro atoms. The van der Waals surface area contributed by atoms with Gasteiger partial charge in [-0.3, -0.25) is 4.79 Å². The Bertz CT molecular complexity index is 732. The van der Waals surface area contributed by atoms with E-state index in [-0.39, 0.29) is 11.9 Å². The number of rotatable bonds is 5. The highest BCUT2D eigenvalue weighted by Crippen LogP contribution is 2.33. The lowest BCUT2D eigenvalue weighted by Crippen LogP contribution is -2.41. The maximum Gasteiger partial charge on any atom is 0.251 e. The van der Waals surface area contributed by atoms with E-state index in [1.807, 2.05) is 60.5 Å². The van der Waals surface area contributed by atoms with E-state index in [1.54, 1.807) is 0 Å². The molecule has 0 fully saturated rings. The van der Waals surface area contributed by atoms with Gasteiger partial charge >= 0.3 is 0 Å². The number of nitrogens with zero attached hydrogens (tertiary/aromatic N) is 1. The first-order valence-electron chi connectivity index (χ1n) is 8.55. The van der Waals surface area contributed by atoms with Gasteiger partial charge < -0.3 is 4.90 Å².